The fourth-order valence-electron chi connectivity index (χ4n) is 4.77. The van der Waals surface area contributed by atoms with Gasteiger partial charge in [-0.15, -0.1) is 0 Å². The predicted octanol–water partition coefficient (Wildman–Crippen LogP) is 6.39. The van der Waals surface area contributed by atoms with Crippen molar-refractivity contribution in [1.29, 1.82) is 0 Å². The third kappa shape index (κ3) is 2.72. The summed E-state index contributed by atoms with van der Waals surface area (Å²) in [7, 11) is 0.696. The maximum Gasteiger partial charge on any atom is 0.217 e. The van der Waals surface area contributed by atoms with Crippen molar-refractivity contribution in [3.8, 4) is 11.3 Å². The summed E-state index contributed by atoms with van der Waals surface area (Å²) in [6.07, 6.45) is 0. The molecule has 0 atom stereocenters. The van der Waals surface area contributed by atoms with Gasteiger partial charge in [-0.05, 0) is 37.1 Å². The molecule has 2 heterocycles. The van der Waals surface area contributed by atoms with Crippen LogP contribution in [0.5, 0.6) is 0 Å². The van der Waals surface area contributed by atoms with Crippen LogP contribution in [0.4, 0.5) is 0 Å². The second-order valence-electron chi connectivity index (χ2n) is 9.46. The fraction of sp³-hybridized carbons (Fsp3) is 0.222. The van der Waals surface area contributed by atoms with Crippen LogP contribution in [0.1, 0.15) is 11.1 Å². The highest BCUT2D eigenvalue weighted by molar-refractivity contribution is 6.90. The molecule has 0 aliphatic heterocycles. The monoisotopic (exact) mass is 410 g/mol. The first kappa shape index (κ1) is 19.1. The van der Waals surface area contributed by atoms with E-state index in [9.17, 15) is 0 Å². The van der Waals surface area contributed by atoms with Gasteiger partial charge in [0.2, 0.25) is 11.2 Å². The summed E-state index contributed by atoms with van der Waals surface area (Å²) >= 11 is 0. The number of furan rings is 1. The number of rotatable bonds is 2. The van der Waals surface area contributed by atoms with Gasteiger partial charge in [0.05, 0.1) is 13.6 Å². The maximum atomic E-state index is 6.42. The summed E-state index contributed by atoms with van der Waals surface area (Å²) in [5, 5.41) is 5.21. The molecule has 0 fully saturated rings. The van der Waals surface area contributed by atoms with Crippen LogP contribution >= 0.6 is 0 Å². The number of pyridine rings is 1. The van der Waals surface area contributed by atoms with Crippen LogP contribution in [-0.2, 0) is 7.05 Å². The standard InChI is InChI=1S/C27H28NOSi/c1-17-14-15-21-20-10-7-8-12-23(20)29-27(21)25(17)22-16-18(2)19-11-9-13-24(30(4,5)6)26(19)28(22)3/h7-16H,1-6H3/q+1. The Morgan fingerprint density at radius 2 is 1.50 bits per heavy atom. The quantitative estimate of drug-likeness (QED) is 0.243. The summed E-state index contributed by atoms with van der Waals surface area (Å²) in [6, 6.07) is 21.9. The van der Waals surface area contributed by atoms with Gasteiger partial charge < -0.3 is 4.42 Å². The Morgan fingerprint density at radius 1 is 0.767 bits per heavy atom. The van der Waals surface area contributed by atoms with Crippen LogP contribution in [0.2, 0.25) is 19.6 Å². The van der Waals surface area contributed by atoms with Gasteiger partial charge in [0.15, 0.2) is 0 Å². The Morgan fingerprint density at radius 3 is 2.27 bits per heavy atom. The van der Waals surface area contributed by atoms with Crippen molar-refractivity contribution >= 4 is 46.1 Å². The Balaban J connectivity index is 1.94. The highest BCUT2D eigenvalue weighted by atomic mass is 28.3. The largest absolute Gasteiger partial charge is 0.455 e. The number of hydrogen-bond acceptors (Lipinski definition) is 1. The molecule has 0 radical (unpaired) electrons. The first-order valence-electron chi connectivity index (χ1n) is 10.6. The van der Waals surface area contributed by atoms with Crippen molar-refractivity contribution in [2.45, 2.75) is 33.5 Å². The second kappa shape index (κ2) is 6.54. The molecule has 30 heavy (non-hydrogen) atoms. The smallest absolute Gasteiger partial charge is 0.217 e. The van der Waals surface area contributed by atoms with Gasteiger partial charge in [0.25, 0.3) is 0 Å². The molecule has 0 spiro atoms. The summed E-state index contributed by atoms with van der Waals surface area (Å²) in [6.45, 7) is 11.7. The van der Waals surface area contributed by atoms with E-state index in [4.69, 9.17) is 4.42 Å². The number of aromatic nitrogens is 1. The third-order valence-electron chi connectivity index (χ3n) is 6.33. The molecule has 0 bridgehead atoms. The van der Waals surface area contributed by atoms with Crippen molar-refractivity contribution in [2.75, 3.05) is 0 Å². The van der Waals surface area contributed by atoms with Crippen LogP contribution in [0, 0.1) is 13.8 Å². The van der Waals surface area contributed by atoms with Crippen LogP contribution in [-0.4, -0.2) is 8.07 Å². The van der Waals surface area contributed by atoms with Crippen LogP contribution < -0.4 is 9.75 Å². The Hall–Kier alpha value is -2.91. The lowest BCUT2D eigenvalue weighted by molar-refractivity contribution is -0.633. The molecule has 5 rings (SSSR count). The molecule has 0 N–H and O–H groups in total. The normalized spacial score (nSPS) is 12.3. The van der Waals surface area contributed by atoms with E-state index in [-0.39, 0.29) is 0 Å². The summed E-state index contributed by atoms with van der Waals surface area (Å²) in [5.41, 5.74) is 8.25. The third-order valence-corrected chi connectivity index (χ3v) is 8.35. The SMILES string of the molecule is Cc1ccc2c(oc3ccccc32)c1-c1cc(C)c2cccc([Si](C)(C)C)c2[n+]1C. The van der Waals surface area contributed by atoms with Crippen LogP contribution in [0.3, 0.4) is 0 Å². The highest BCUT2D eigenvalue weighted by Crippen LogP contribution is 2.37. The van der Waals surface area contributed by atoms with Gasteiger partial charge >= 0.3 is 0 Å². The first-order chi connectivity index (χ1) is 14.3. The van der Waals surface area contributed by atoms with Gasteiger partial charge in [-0.25, -0.2) is 0 Å². The topological polar surface area (TPSA) is 17.0 Å². The van der Waals surface area contributed by atoms with Crippen molar-refractivity contribution in [3.63, 3.8) is 0 Å². The molecule has 5 aromatic rings. The summed E-state index contributed by atoms with van der Waals surface area (Å²) < 4.78 is 8.81. The minimum Gasteiger partial charge on any atom is -0.455 e. The molecule has 2 aromatic heterocycles. The zero-order chi connectivity index (χ0) is 21.2. The Labute approximate surface area is 178 Å². The summed E-state index contributed by atoms with van der Waals surface area (Å²) in [5.74, 6) is 0. The van der Waals surface area contributed by atoms with E-state index in [0.717, 1.165) is 11.2 Å². The fourth-order valence-corrected chi connectivity index (χ4v) is 6.38. The van der Waals surface area contributed by atoms with E-state index in [1.165, 1.54) is 49.2 Å². The van der Waals surface area contributed by atoms with Crippen molar-refractivity contribution in [1.82, 2.24) is 0 Å². The number of hydrogen-bond donors (Lipinski definition) is 0. The molecule has 3 aromatic carbocycles. The number of nitrogens with zero attached hydrogens (tertiary/aromatic N) is 1. The molecule has 150 valence electrons. The zero-order valence-corrected chi connectivity index (χ0v) is 19.6. The molecule has 0 aliphatic carbocycles. The molecular formula is C27H28NOSi+. The molecular weight excluding hydrogens is 382 g/mol. The van der Waals surface area contributed by atoms with Crippen molar-refractivity contribution in [3.05, 3.63) is 71.8 Å². The van der Waals surface area contributed by atoms with E-state index >= 15 is 0 Å². The summed E-state index contributed by atoms with van der Waals surface area (Å²) in [4.78, 5) is 0. The molecule has 0 unspecified atom stereocenters. The molecule has 3 heteroatoms. The predicted molar refractivity (Wildman–Crippen MR) is 130 cm³/mol. The van der Waals surface area contributed by atoms with E-state index in [1.54, 1.807) is 0 Å². The molecule has 0 saturated heterocycles. The lowest BCUT2D eigenvalue weighted by Crippen LogP contribution is -2.45. The zero-order valence-electron chi connectivity index (χ0n) is 18.6. The lowest BCUT2D eigenvalue weighted by Gasteiger charge is -2.19. The van der Waals surface area contributed by atoms with Gasteiger partial charge in [-0.3, -0.25) is 0 Å². The number of benzene rings is 3. The minimum atomic E-state index is -1.51. The Kier molecular flexibility index (Phi) is 4.16. The second-order valence-corrected chi connectivity index (χ2v) is 14.5. The van der Waals surface area contributed by atoms with E-state index in [2.05, 4.69) is 99.7 Å². The van der Waals surface area contributed by atoms with Crippen molar-refractivity contribution in [2.24, 2.45) is 7.05 Å². The van der Waals surface area contributed by atoms with Gasteiger partial charge in [0, 0.05) is 27.4 Å². The van der Waals surface area contributed by atoms with Gasteiger partial charge in [-0.1, -0.05) is 62.1 Å². The van der Waals surface area contributed by atoms with Gasteiger partial charge in [0.1, 0.15) is 18.2 Å². The maximum absolute atomic E-state index is 6.42. The van der Waals surface area contributed by atoms with Crippen LogP contribution in [0.25, 0.3) is 44.1 Å². The van der Waals surface area contributed by atoms with E-state index in [0.29, 0.717) is 0 Å². The van der Waals surface area contributed by atoms with E-state index < -0.39 is 8.07 Å². The van der Waals surface area contributed by atoms with E-state index in [1.807, 2.05) is 6.07 Å². The number of aryl methyl sites for hydroxylation is 3. The molecule has 0 saturated carbocycles. The highest BCUT2D eigenvalue weighted by Gasteiger charge is 2.28. The lowest BCUT2D eigenvalue weighted by atomic mass is 9.98. The average molecular weight is 411 g/mol. The minimum absolute atomic E-state index is 0.947. The average Bonchev–Trinajstić information content (AvgIpc) is 3.08. The molecule has 0 amide bonds. The molecule has 2 nitrogen and oxygen atoms in total. The number of fused-ring (bicyclic) bond motifs is 4. The Bertz CT molecular complexity index is 1450. The molecule has 0 aliphatic rings. The number of para-hydroxylation sites is 2. The van der Waals surface area contributed by atoms with Gasteiger partial charge in [-0.2, -0.15) is 4.57 Å². The van der Waals surface area contributed by atoms with Crippen molar-refractivity contribution < 1.29 is 8.98 Å². The van der Waals surface area contributed by atoms with Crippen LogP contribution in [0.15, 0.2) is 65.1 Å². The first-order valence-corrected chi connectivity index (χ1v) is 14.1.